The molecule has 40 heavy (non-hydrogen) atoms. The molecule has 1 atom stereocenters. The van der Waals surface area contributed by atoms with Crippen LogP contribution in [0.2, 0.25) is 0 Å². The van der Waals surface area contributed by atoms with Crippen molar-refractivity contribution in [1.29, 1.82) is 0 Å². The lowest BCUT2D eigenvalue weighted by molar-refractivity contribution is -0.140. The first-order valence-electron chi connectivity index (χ1n) is 13.5. The van der Waals surface area contributed by atoms with Gasteiger partial charge in [0.05, 0.1) is 31.9 Å². The second-order valence-corrected chi connectivity index (χ2v) is 10.0. The van der Waals surface area contributed by atoms with Gasteiger partial charge in [-0.15, -0.1) is 0 Å². The molecule has 1 amide bonds. The highest BCUT2D eigenvalue weighted by Gasteiger charge is 2.46. The molecular formula is C32H34N2O6. The summed E-state index contributed by atoms with van der Waals surface area (Å²) < 4.78 is 16.8. The first-order valence-corrected chi connectivity index (χ1v) is 13.5. The van der Waals surface area contributed by atoms with E-state index in [-0.39, 0.29) is 11.3 Å². The lowest BCUT2D eigenvalue weighted by Gasteiger charge is -2.31. The number of likely N-dealkylation sites (tertiary alicyclic amines) is 1. The van der Waals surface area contributed by atoms with Crippen LogP contribution in [0.15, 0.2) is 78.4 Å². The lowest BCUT2D eigenvalue weighted by Crippen LogP contribution is -2.42. The van der Waals surface area contributed by atoms with Gasteiger partial charge in [0, 0.05) is 31.7 Å². The molecule has 3 aromatic carbocycles. The number of aliphatic hydroxyl groups is 1. The molecule has 2 aliphatic rings. The van der Waals surface area contributed by atoms with Crippen molar-refractivity contribution in [2.24, 2.45) is 0 Å². The highest BCUT2D eigenvalue weighted by atomic mass is 16.5. The van der Waals surface area contributed by atoms with Crippen molar-refractivity contribution in [2.75, 3.05) is 46.5 Å². The third-order valence-electron chi connectivity index (χ3n) is 7.33. The summed E-state index contributed by atoms with van der Waals surface area (Å²) in [5.74, 6) is -0.308. The first-order chi connectivity index (χ1) is 19.4. The summed E-state index contributed by atoms with van der Waals surface area (Å²) in [5, 5.41) is 11.4. The zero-order chi connectivity index (χ0) is 28.1. The largest absolute Gasteiger partial charge is 0.507 e. The Morgan fingerprint density at radius 2 is 1.70 bits per heavy atom. The lowest BCUT2D eigenvalue weighted by atomic mass is 9.95. The standard InChI is InChI=1S/C32H34N2O6/c1-22-5-3-6-23(19-22)21-40-26-11-9-24(10-12-26)30(35)28-29(25-7-4-8-27(20-25)38-2)34(32(37)31(28)36)14-13-33-15-17-39-18-16-33/h3-12,19-20,29,35H,13-18,21H2,1-2H3/b30-28+/t29-/m0/s1. The van der Waals surface area contributed by atoms with Crippen LogP contribution < -0.4 is 9.47 Å². The van der Waals surface area contributed by atoms with Crippen molar-refractivity contribution in [3.8, 4) is 11.5 Å². The molecule has 0 aromatic heterocycles. The van der Waals surface area contributed by atoms with E-state index < -0.39 is 17.7 Å². The van der Waals surface area contributed by atoms with Crippen molar-refractivity contribution < 1.29 is 28.9 Å². The molecule has 1 N–H and O–H groups in total. The van der Waals surface area contributed by atoms with Gasteiger partial charge in [-0.2, -0.15) is 0 Å². The smallest absolute Gasteiger partial charge is 0.295 e. The van der Waals surface area contributed by atoms with Gasteiger partial charge in [-0.25, -0.2) is 0 Å². The number of aliphatic hydroxyl groups excluding tert-OH is 1. The van der Waals surface area contributed by atoms with E-state index in [0.29, 0.717) is 55.5 Å². The van der Waals surface area contributed by atoms with E-state index >= 15 is 0 Å². The summed E-state index contributed by atoms with van der Waals surface area (Å²) in [5.41, 5.74) is 3.41. The Morgan fingerprint density at radius 3 is 2.42 bits per heavy atom. The zero-order valence-electron chi connectivity index (χ0n) is 22.8. The van der Waals surface area contributed by atoms with Crippen LogP contribution in [0, 0.1) is 6.92 Å². The number of ketones is 1. The Balaban J connectivity index is 1.42. The van der Waals surface area contributed by atoms with Crippen molar-refractivity contribution in [3.05, 3.63) is 101 Å². The number of benzene rings is 3. The summed E-state index contributed by atoms with van der Waals surface area (Å²) in [6, 6.07) is 21.5. The van der Waals surface area contributed by atoms with E-state index in [9.17, 15) is 14.7 Å². The van der Waals surface area contributed by atoms with Crippen LogP contribution in [0.1, 0.15) is 28.3 Å². The number of ether oxygens (including phenoxy) is 3. The first kappa shape index (κ1) is 27.4. The van der Waals surface area contributed by atoms with Gasteiger partial charge in [0.15, 0.2) is 0 Å². The Hall–Kier alpha value is -4.14. The van der Waals surface area contributed by atoms with Gasteiger partial charge in [-0.05, 0) is 54.4 Å². The third kappa shape index (κ3) is 6.03. The normalized spacial score (nSPS) is 19.1. The minimum absolute atomic E-state index is 0.0636. The van der Waals surface area contributed by atoms with E-state index in [1.807, 2.05) is 37.3 Å². The van der Waals surface area contributed by atoms with Gasteiger partial charge in [-0.1, -0.05) is 42.0 Å². The van der Waals surface area contributed by atoms with Crippen LogP contribution in [0.5, 0.6) is 11.5 Å². The predicted octanol–water partition coefficient (Wildman–Crippen LogP) is 4.34. The third-order valence-corrected chi connectivity index (χ3v) is 7.33. The summed E-state index contributed by atoms with van der Waals surface area (Å²) >= 11 is 0. The van der Waals surface area contributed by atoms with Gasteiger partial charge in [0.25, 0.3) is 11.7 Å². The number of rotatable bonds is 9. The molecule has 0 unspecified atom stereocenters. The van der Waals surface area contributed by atoms with Crippen LogP contribution in [0.4, 0.5) is 0 Å². The minimum atomic E-state index is -0.742. The van der Waals surface area contributed by atoms with Crippen molar-refractivity contribution in [2.45, 2.75) is 19.6 Å². The van der Waals surface area contributed by atoms with Crippen LogP contribution in [-0.2, 0) is 20.9 Å². The molecule has 0 bridgehead atoms. The molecular weight excluding hydrogens is 508 g/mol. The van der Waals surface area contributed by atoms with Gasteiger partial charge < -0.3 is 24.2 Å². The van der Waals surface area contributed by atoms with E-state index in [2.05, 4.69) is 11.0 Å². The second kappa shape index (κ2) is 12.4. The number of methoxy groups -OCH3 is 1. The fourth-order valence-corrected chi connectivity index (χ4v) is 5.18. The quantitative estimate of drug-likeness (QED) is 0.245. The number of carbonyl (C=O) groups is 2. The summed E-state index contributed by atoms with van der Waals surface area (Å²) in [4.78, 5) is 30.4. The molecule has 8 nitrogen and oxygen atoms in total. The summed E-state index contributed by atoms with van der Waals surface area (Å²) in [6.07, 6.45) is 0. The van der Waals surface area contributed by atoms with Crippen molar-refractivity contribution in [1.82, 2.24) is 9.80 Å². The summed E-state index contributed by atoms with van der Waals surface area (Å²) in [6.45, 7) is 6.21. The average Bonchev–Trinajstić information content (AvgIpc) is 3.24. The van der Waals surface area contributed by atoms with Gasteiger partial charge in [-0.3, -0.25) is 14.5 Å². The Labute approximate surface area is 234 Å². The predicted molar refractivity (Wildman–Crippen MR) is 151 cm³/mol. The number of hydrogen-bond acceptors (Lipinski definition) is 7. The maximum Gasteiger partial charge on any atom is 0.295 e. The molecule has 208 valence electrons. The molecule has 3 aromatic rings. The molecule has 2 aliphatic heterocycles. The van der Waals surface area contributed by atoms with E-state index in [1.54, 1.807) is 48.4 Å². The molecule has 0 radical (unpaired) electrons. The molecule has 0 spiro atoms. The topological polar surface area (TPSA) is 88.5 Å². The fourth-order valence-electron chi connectivity index (χ4n) is 5.18. The zero-order valence-corrected chi connectivity index (χ0v) is 22.8. The molecule has 5 rings (SSSR count). The number of morpholine rings is 1. The number of aryl methyl sites for hydroxylation is 1. The monoisotopic (exact) mass is 542 g/mol. The van der Waals surface area contributed by atoms with Crippen LogP contribution in [0.25, 0.3) is 5.76 Å². The van der Waals surface area contributed by atoms with Crippen LogP contribution >= 0.6 is 0 Å². The molecule has 2 fully saturated rings. The number of nitrogens with zero attached hydrogens (tertiary/aromatic N) is 2. The number of hydrogen-bond donors (Lipinski definition) is 1. The minimum Gasteiger partial charge on any atom is -0.507 e. The molecule has 2 saturated heterocycles. The van der Waals surface area contributed by atoms with E-state index in [0.717, 1.165) is 24.2 Å². The Bertz CT molecular complexity index is 1390. The van der Waals surface area contributed by atoms with Crippen molar-refractivity contribution in [3.63, 3.8) is 0 Å². The summed E-state index contributed by atoms with van der Waals surface area (Å²) in [7, 11) is 1.57. The Morgan fingerprint density at radius 1 is 0.950 bits per heavy atom. The van der Waals surface area contributed by atoms with Gasteiger partial charge in [0.1, 0.15) is 23.9 Å². The Kier molecular flexibility index (Phi) is 8.48. The number of amides is 1. The molecule has 2 heterocycles. The van der Waals surface area contributed by atoms with Crippen LogP contribution in [-0.4, -0.2) is 73.1 Å². The molecule has 8 heteroatoms. The maximum atomic E-state index is 13.4. The SMILES string of the molecule is COc1cccc([C@H]2/C(=C(\O)c3ccc(OCc4cccc(C)c4)cc3)C(=O)C(=O)N2CCN2CCOCC2)c1. The van der Waals surface area contributed by atoms with Gasteiger partial charge >= 0.3 is 0 Å². The van der Waals surface area contributed by atoms with Crippen molar-refractivity contribution >= 4 is 17.4 Å². The van der Waals surface area contributed by atoms with Crippen LogP contribution in [0.3, 0.4) is 0 Å². The number of carbonyl (C=O) groups excluding carboxylic acids is 2. The maximum absolute atomic E-state index is 13.4. The van der Waals surface area contributed by atoms with E-state index in [1.165, 1.54) is 0 Å². The molecule has 0 aliphatic carbocycles. The van der Waals surface area contributed by atoms with E-state index in [4.69, 9.17) is 14.2 Å². The fraction of sp³-hybridized carbons (Fsp3) is 0.312. The highest BCUT2D eigenvalue weighted by Crippen LogP contribution is 2.40. The number of Topliss-reactive ketones (excluding diaryl/α,β-unsaturated/α-hetero) is 1. The molecule has 0 saturated carbocycles. The van der Waals surface area contributed by atoms with Gasteiger partial charge in [0.2, 0.25) is 0 Å². The average molecular weight is 543 g/mol. The second-order valence-electron chi connectivity index (χ2n) is 10.0. The highest BCUT2D eigenvalue weighted by molar-refractivity contribution is 6.46.